The number of carbonyl (C=O) groups excluding carboxylic acids is 1. The summed E-state index contributed by atoms with van der Waals surface area (Å²) in [4.78, 5) is 12.1. The lowest BCUT2D eigenvalue weighted by Gasteiger charge is -2.45. The molecule has 5 atom stereocenters. The van der Waals surface area contributed by atoms with Gasteiger partial charge in [0.2, 0.25) is 0 Å². The summed E-state index contributed by atoms with van der Waals surface area (Å²) in [6, 6.07) is 0. The Morgan fingerprint density at radius 2 is 1.65 bits per heavy atom. The Labute approximate surface area is 156 Å². The molecule has 1 fully saturated rings. The van der Waals surface area contributed by atoms with Gasteiger partial charge in [-0.25, -0.2) is 0 Å². The van der Waals surface area contributed by atoms with E-state index in [0.29, 0.717) is 23.7 Å². The minimum absolute atomic E-state index is 0.0130. The molecule has 0 heterocycles. The zero-order valence-electron chi connectivity index (χ0n) is 15.6. The molecule has 0 radical (unpaired) electrons. The van der Waals surface area contributed by atoms with Gasteiger partial charge >= 0.3 is 5.97 Å². The average molecular weight is 348 g/mol. The van der Waals surface area contributed by atoms with Crippen LogP contribution in [0.25, 0.3) is 0 Å². The average Bonchev–Trinajstić information content (AvgIpc) is 2.71. The summed E-state index contributed by atoms with van der Waals surface area (Å²) in [6.45, 7) is 0. The van der Waals surface area contributed by atoms with E-state index in [2.05, 4.69) is 36.5 Å². The molecule has 5 unspecified atom stereocenters. The minimum Gasteiger partial charge on any atom is -0.469 e. The molecular formula is C24H28O2. The predicted molar refractivity (Wildman–Crippen MR) is 103 cm³/mol. The van der Waals surface area contributed by atoms with Crippen LogP contribution in [0.15, 0.2) is 58.7 Å². The Bertz CT molecular complexity index is 776. The van der Waals surface area contributed by atoms with Crippen molar-refractivity contribution in [2.24, 2.45) is 29.6 Å². The number of methoxy groups -OCH3 is 1. The molecule has 0 aliphatic heterocycles. The highest BCUT2D eigenvalue weighted by Crippen LogP contribution is 2.53. The third-order valence-electron chi connectivity index (χ3n) is 7.53. The van der Waals surface area contributed by atoms with E-state index in [0.717, 1.165) is 19.3 Å². The molecule has 2 heteroatoms. The lowest BCUT2D eigenvalue weighted by molar-refractivity contribution is -0.146. The predicted octanol–water partition coefficient (Wildman–Crippen LogP) is 5.30. The number of carbonyl (C=O) groups is 1. The number of ether oxygens (including phenoxy) is 1. The third kappa shape index (κ3) is 2.49. The summed E-state index contributed by atoms with van der Waals surface area (Å²) in [5.41, 5.74) is 6.32. The van der Waals surface area contributed by atoms with Gasteiger partial charge in [-0.05, 0) is 79.4 Å². The van der Waals surface area contributed by atoms with Gasteiger partial charge in [-0.1, -0.05) is 42.0 Å². The maximum atomic E-state index is 12.1. The largest absolute Gasteiger partial charge is 0.469 e. The molecule has 136 valence electrons. The molecule has 5 aliphatic carbocycles. The van der Waals surface area contributed by atoms with Crippen molar-refractivity contribution < 1.29 is 9.53 Å². The van der Waals surface area contributed by atoms with Gasteiger partial charge < -0.3 is 4.74 Å². The van der Waals surface area contributed by atoms with Crippen molar-refractivity contribution in [2.45, 2.75) is 44.9 Å². The summed E-state index contributed by atoms with van der Waals surface area (Å²) in [6.07, 6.45) is 22.3. The summed E-state index contributed by atoms with van der Waals surface area (Å²) in [5.74, 6) is 2.75. The van der Waals surface area contributed by atoms with Gasteiger partial charge in [0, 0.05) is 5.92 Å². The van der Waals surface area contributed by atoms with Crippen molar-refractivity contribution in [1.29, 1.82) is 0 Å². The molecule has 26 heavy (non-hydrogen) atoms. The summed E-state index contributed by atoms with van der Waals surface area (Å²) in [5, 5.41) is 0. The first-order valence-electron chi connectivity index (χ1n) is 10.3. The van der Waals surface area contributed by atoms with Crippen LogP contribution in [0, 0.1) is 29.6 Å². The van der Waals surface area contributed by atoms with Crippen molar-refractivity contribution in [1.82, 2.24) is 0 Å². The standard InChI is InChI=1S/C24H28O2/c1-26-24(25)17-7-6-16-9-11-21-20-10-8-15-4-2-3-5-18(15)19(20)12-13-22(21)23(16)14-17/h2-5,12-13,15-17,20-21H,6-11,14H2,1H3. The molecule has 2 nitrogen and oxygen atoms in total. The van der Waals surface area contributed by atoms with E-state index in [4.69, 9.17) is 4.74 Å². The highest BCUT2D eigenvalue weighted by Gasteiger charge is 2.42. The van der Waals surface area contributed by atoms with Crippen LogP contribution in [0.2, 0.25) is 0 Å². The number of rotatable bonds is 1. The van der Waals surface area contributed by atoms with E-state index in [-0.39, 0.29) is 11.9 Å². The topological polar surface area (TPSA) is 26.3 Å². The monoisotopic (exact) mass is 348 g/mol. The number of fused-ring (bicyclic) bond motifs is 5. The maximum Gasteiger partial charge on any atom is 0.308 e. The Kier molecular flexibility index (Phi) is 4.03. The van der Waals surface area contributed by atoms with E-state index in [9.17, 15) is 4.79 Å². The molecule has 0 aromatic rings. The van der Waals surface area contributed by atoms with Crippen molar-refractivity contribution in [2.75, 3.05) is 7.11 Å². The molecule has 0 amide bonds. The van der Waals surface area contributed by atoms with Crippen LogP contribution in [0.3, 0.4) is 0 Å². The lowest BCUT2D eigenvalue weighted by atomic mass is 9.59. The second-order valence-electron chi connectivity index (χ2n) is 8.64. The quantitative estimate of drug-likeness (QED) is 0.601. The van der Waals surface area contributed by atoms with E-state index in [1.54, 1.807) is 22.3 Å². The van der Waals surface area contributed by atoms with E-state index < -0.39 is 0 Å². The maximum absolute atomic E-state index is 12.1. The number of esters is 1. The zero-order valence-corrected chi connectivity index (χ0v) is 15.6. The molecule has 0 aromatic heterocycles. The van der Waals surface area contributed by atoms with Gasteiger partial charge in [0.1, 0.15) is 0 Å². The Morgan fingerprint density at radius 3 is 2.54 bits per heavy atom. The van der Waals surface area contributed by atoms with Gasteiger partial charge in [0.05, 0.1) is 13.0 Å². The molecule has 0 bridgehead atoms. The van der Waals surface area contributed by atoms with Crippen LogP contribution in [0.5, 0.6) is 0 Å². The van der Waals surface area contributed by atoms with Crippen LogP contribution in [0.4, 0.5) is 0 Å². The number of hydrogen-bond acceptors (Lipinski definition) is 2. The smallest absolute Gasteiger partial charge is 0.308 e. The van der Waals surface area contributed by atoms with E-state index >= 15 is 0 Å². The normalized spacial score (nSPS) is 37.7. The van der Waals surface area contributed by atoms with Crippen molar-refractivity contribution >= 4 is 5.97 Å². The summed E-state index contributed by atoms with van der Waals surface area (Å²) in [7, 11) is 1.53. The molecule has 0 spiro atoms. The van der Waals surface area contributed by atoms with Gasteiger partial charge in [0.25, 0.3) is 0 Å². The first kappa shape index (κ1) is 16.4. The minimum atomic E-state index is -0.0130. The zero-order chi connectivity index (χ0) is 17.7. The summed E-state index contributed by atoms with van der Waals surface area (Å²) < 4.78 is 5.05. The van der Waals surface area contributed by atoms with Crippen molar-refractivity contribution in [3.05, 3.63) is 58.7 Å². The molecule has 0 N–H and O–H groups in total. The van der Waals surface area contributed by atoms with Crippen molar-refractivity contribution in [3.8, 4) is 0 Å². The van der Waals surface area contributed by atoms with Gasteiger partial charge in [-0.15, -0.1) is 0 Å². The first-order valence-corrected chi connectivity index (χ1v) is 10.3. The Morgan fingerprint density at radius 1 is 0.885 bits per heavy atom. The van der Waals surface area contributed by atoms with Crippen LogP contribution < -0.4 is 0 Å². The molecule has 5 aliphatic rings. The second kappa shape index (κ2) is 6.40. The molecule has 5 rings (SSSR count). The Hall–Kier alpha value is -1.83. The van der Waals surface area contributed by atoms with Gasteiger partial charge in [-0.3, -0.25) is 4.79 Å². The molecular weight excluding hydrogens is 320 g/mol. The van der Waals surface area contributed by atoms with Gasteiger partial charge in [-0.2, -0.15) is 0 Å². The second-order valence-corrected chi connectivity index (χ2v) is 8.64. The highest BCUT2D eigenvalue weighted by molar-refractivity contribution is 5.73. The molecule has 1 saturated carbocycles. The number of allylic oxidation sites excluding steroid dienone is 10. The lowest BCUT2D eigenvalue weighted by Crippen LogP contribution is -2.34. The van der Waals surface area contributed by atoms with E-state index in [1.165, 1.54) is 32.8 Å². The highest BCUT2D eigenvalue weighted by atomic mass is 16.5. The van der Waals surface area contributed by atoms with Gasteiger partial charge in [0.15, 0.2) is 0 Å². The fourth-order valence-corrected chi connectivity index (χ4v) is 6.27. The van der Waals surface area contributed by atoms with Crippen LogP contribution in [0.1, 0.15) is 44.9 Å². The van der Waals surface area contributed by atoms with E-state index in [1.807, 2.05) is 0 Å². The fourth-order valence-electron chi connectivity index (χ4n) is 6.27. The number of hydrogen-bond donors (Lipinski definition) is 0. The Balaban J connectivity index is 1.53. The molecule has 0 saturated heterocycles. The SMILES string of the molecule is COC(=O)C1CCC2CCC3C(=C2C1)C=CC1=C2C=CC=CC2CCC13. The summed E-state index contributed by atoms with van der Waals surface area (Å²) >= 11 is 0. The van der Waals surface area contributed by atoms with Crippen molar-refractivity contribution in [3.63, 3.8) is 0 Å². The molecule has 0 aromatic carbocycles. The van der Waals surface area contributed by atoms with Crippen LogP contribution >= 0.6 is 0 Å². The fraction of sp³-hybridized carbons (Fsp3) is 0.542. The first-order chi connectivity index (χ1) is 12.8. The third-order valence-corrected chi connectivity index (χ3v) is 7.53. The van der Waals surface area contributed by atoms with Crippen LogP contribution in [-0.2, 0) is 9.53 Å². The van der Waals surface area contributed by atoms with Crippen LogP contribution in [-0.4, -0.2) is 13.1 Å².